The first-order valence-electron chi connectivity index (χ1n) is 12.6. The van der Waals surface area contributed by atoms with E-state index in [4.69, 9.17) is 3.32 Å². The van der Waals surface area contributed by atoms with E-state index < -0.39 is 24.2 Å². The van der Waals surface area contributed by atoms with Crippen molar-refractivity contribution < 1.29 is 20.8 Å². The molecule has 0 heterocycles. The van der Waals surface area contributed by atoms with Crippen LogP contribution in [0.1, 0.15) is 77.3 Å². The first-order valence-corrected chi connectivity index (χ1v) is 19.6. The maximum absolute atomic E-state index is 7.06. The number of unbranched alkanes of at least 4 members (excludes halogenated alkanes) is 4. The van der Waals surface area contributed by atoms with Crippen LogP contribution in [0.5, 0.6) is 5.75 Å². The van der Waals surface area contributed by atoms with E-state index in [0.717, 1.165) is 0 Å². The Morgan fingerprint density at radius 1 is 0.909 bits per heavy atom. The van der Waals surface area contributed by atoms with Crippen LogP contribution < -0.4 is 3.32 Å². The molecule has 33 heavy (non-hydrogen) atoms. The van der Waals surface area contributed by atoms with Gasteiger partial charge in [-0.3, -0.25) is 0 Å². The Hall–Kier alpha value is -0.189. The quantitative estimate of drug-likeness (QED) is 0.181. The van der Waals surface area contributed by atoms with E-state index in [1.54, 1.807) is 3.88 Å². The van der Waals surface area contributed by atoms with Crippen molar-refractivity contribution in [3.63, 3.8) is 0 Å². The van der Waals surface area contributed by atoms with Crippen LogP contribution in [-0.2, 0) is 30.4 Å². The number of nitrogens with zero attached hydrogens (tertiary/aromatic N) is 1. The Labute approximate surface area is 224 Å². The second-order valence-corrected chi connectivity index (χ2v) is 22.0. The largest absolute Gasteiger partial charge is 0.147 e. The summed E-state index contributed by atoms with van der Waals surface area (Å²) in [6.07, 6.45) is 12.5. The Kier molecular flexibility index (Phi) is 16.4. The second kappa shape index (κ2) is 16.5. The van der Waals surface area contributed by atoms with Crippen molar-refractivity contribution in [2.24, 2.45) is 5.92 Å². The van der Waals surface area contributed by atoms with Crippen molar-refractivity contribution in [1.29, 1.82) is 0 Å². The molecule has 1 aliphatic carbocycles. The molecule has 0 saturated heterocycles. The number of allylic oxidation sites excluding steroid dienone is 3. The van der Waals surface area contributed by atoms with Crippen LogP contribution in [0.4, 0.5) is 0 Å². The molecule has 0 amide bonds. The molecule has 1 aromatic carbocycles. The molecule has 1 unspecified atom stereocenters. The SMILES string of the molecule is CCCCCc1cc(CCCCC)cc([O][Ti]([C]2=C(N(C)C)C=C(C)C2C)[SiH](C)C)c1.Cl.Cl. The minimum absolute atomic E-state index is 0. The van der Waals surface area contributed by atoms with Crippen LogP contribution >= 0.6 is 24.8 Å². The van der Waals surface area contributed by atoms with Crippen LogP contribution in [0.2, 0.25) is 13.1 Å². The summed E-state index contributed by atoms with van der Waals surface area (Å²) < 4.78 is 8.72. The van der Waals surface area contributed by atoms with E-state index in [1.165, 1.54) is 79.5 Å². The minimum Gasteiger partial charge on any atom is -0.147 e. The van der Waals surface area contributed by atoms with Gasteiger partial charge in [-0.1, -0.05) is 0 Å². The summed E-state index contributed by atoms with van der Waals surface area (Å²) in [5, 5.41) is 0. The fourth-order valence-corrected chi connectivity index (χ4v) is 14.1. The molecule has 0 bridgehead atoms. The third kappa shape index (κ3) is 9.76. The molecule has 1 atom stereocenters. The maximum Gasteiger partial charge on any atom is -0.147 e. The van der Waals surface area contributed by atoms with Gasteiger partial charge in [-0.05, 0) is 0 Å². The Morgan fingerprint density at radius 2 is 1.42 bits per heavy atom. The number of benzene rings is 1. The Bertz CT molecular complexity index is 751. The normalized spacial score (nSPS) is 15.2. The van der Waals surface area contributed by atoms with Gasteiger partial charge < -0.3 is 0 Å². The third-order valence-electron chi connectivity index (χ3n) is 6.42. The number of halogens is 2. The maximum atomic E-state index is 7.06. The van der Waals surface area contributed by atoms with Gasteiger partial charge in [0.15, 0.2) is 0 Å². The molecule has 0 aliphatic heterocycles. The standard InChI is InChI=1S/C16H26O.C9H14N.C2H7Si.2ClH.Ti/c1-3-5-7-9-14-11-15(10-8-6-4-2)13-16(17)12-14;1-7-5-9(10(3)4)6-8(7)2;1-3-2;;;/h11-13,17H,3-10H2,1-2H3;5,8H,1-4H3;3H,1-2H3;2*1H;/q;;;;;+1/p-1. The second-order valence-electron chi connectivity index (χ2n) is 9.82. The Balaban J connectivity index is 0.00000512. The van der Waals surface area contributed by atoms with Gasteiger partial charge in [0.1, 0.15) is 0 Å². The third-order valence-corrected chi connectivity index (χ3v) is 16.8. The molecule has 2 rings (SSSR count). The molecule has 0 radical (unpaired) electrons. The molecule has 0 aromatic heterocycles. The summed E-state index contributed by atoms with van der Waals surface area (Å²) in [6.45, 7) is 13.3. The predicted octanol–water partition coefficient (Wildman–Crippen LogP) is 8.26. The van der Waals surface area contributed by atoms with Gasteiger partial charge in [0, 0.05) is 0 Å². The summed E-state index contributed by atoms with van der Waals surface area (Å²) in [7, 11) is 4.38. The molecule has 0 fully saturated rings. The zero-order valence-corrected chi connectivity index (χ0v) is 26.6. The van der Waals surface area contributed by atoms with Gasteiger partial charge >= 0.3 is 201 Å². The molecular weight excluding hydrogens is 501 g/mol. The molecule has 0 saturated carbocycles. The molecule has 2 nitrogen and oxygen atoms in total. The molecule has 0 N–H and O–H groups in total. The molecule has 189 valence electrons. The van der Waals surface area contributed by atoms with Gasteiger partial charge in [0.2, 0.25) is 0 Å². The monoisotopic (exact) mass is 548 g/mol. The van der Waals surface area contributed by atoms with Crippen molar-refractivity contribution in [3.8, 4) is 5.75 Å². The topological polar surface area (TPSA) is 12.5 Å². The van der Waals surface area contributed by atoms with Crippen molar-refractivity contribution in [1.82, 2.24) is 4.90 Å². The van der Waals surface area contributed by atoms with Crippen LogP contribution in [0.3, 0.4) is 0 Å². The van der Waals surface area contributed by atoms with Crippen molar-refractivity contribution >= 4 is 31.5 Å². The van der Waals surface area contributed by atoms with Crippen LogP contribution in [-0.4, -0.2) is 25.7 Å². The fraction of sp³-hybridized carbons (Fsp3) is 0.630. The van der Waals surface area contributed by atoms with Crippen molar-refractivity contribution in [2.75, 3.05) is 14.1 Å². The number of rotatable bonds is 13. The number of hydrogen-bond acceptors (Lipinski definition) is 2. The summed E-state index contributed by atoms with van der Waals surface area (Å²) in [6, 6.07) is 7.20. The van der Waals surface area contributed by atoms with Gasteiger partial charge in [0.05, 0.1) is 0 Å². The minimum atomic E-state index is -1.82. The molecule has 1 aromatic rings. The summed E-state index contributed by atoms with van der Waals surface area (Å²) >= 11 is -1.82. The van der Waals surface area contributed by atoms with Gasteiger partial charge in [0.25, 0.3) is 0 Å². The summed E-state index contributed by atoms with van der Waals surface area (Å²) in [5.41, 5.74) is 5.89. The Morgan fingerprint density at radius 3 is 1.85 bits per heavy atom. The number of aryl methyl sites for hydroxylation is 2. The van der Waals surface area contributed by atoms with Crippen LogP contribution in [0.25, 0.3) is 0 Å². The van der Waals surface area contributed by atoms with Crippen molar-refractivity contribution in [3.05, 3.63) is 50.5 Å². The van der Waals surface area contributed by atoms with Crippen LogP contribution in [0, 0.1) is 5.92 Å². The zero-order valence-electron chi connectivity index (χ0n) is 22.3. The van der Waals surface area contributed by atoms with E-state index in [-0.39, 0.29) is 24.8 Å². The van der Waals surface area contributed by atoms with Gasteiger partial charge in [-0.2, -0.15) is 0 Å². The average molecular weight is 550 g/mol. The predicted molar refractivity (Wildman–Crippen MR) is 151 cm³/mol. The summed E-state index contributed by atoms with van der Waals surface area (Å²) in [4.78, 5) is 2.31. The smallest absolute Gasteiger partial charge is 0.147 e. The average Bonchev–Trinajstić information content (AvgIpc) is 3.01. The number of likely N-dealkylation sites (N-methyl/N-ethyl adjacent to an activating group) is 1. The zero-order chi connectivity index (χ0) is 23.0. The molecule has 1 aliphatic rings. The van der Waals surface area contributed by atoms with E-state index in [2.05, 4.69) is 84.1 Å². The van der Waals surface area contributed by atoms with Crippen LogP contribution in [0.15, 0.2) is 39.4 Å². The summed E-state index contributed by atoms with van der Waals surface area (Å²) in [5.74, 6) is 1.71. The van der Waals surface area contributed by atoms with E-state index in [0.29, 0.717) is 5.92 Å². The molecular formula is C27H48Cl2NOSiTi. The fourth-order valence-electron chi connectivity index (χ4n) is 4.42. The van der Waals surface area contributed by atoms with Crippen molar-refractivity contribution in [2.45, 2.75) is 92.2 Å². The van der Waals surface area contributed by atoms with E-state index >= 15 is 0 Å². The van der Waals surface area contributed by atoms with E-state index in [1.807, 2.05) is 0 Å². The molecule has 6 heteroatoms. The first kappa shape index (κ1) is 32.8. The van der Waals surface area contributed by atoms with Gasteiger partial charge in [-0.15, -0.1) is 24.8 Å². The van der Waals surface area contributed by atoms with Gasteiger partial charge in [-0.25, -0.2) is 0 Å². The van der Waals surface area contributed by atoms with E-state index in [9.17, 15) is 0 Å². The number of hydrogen-bond donors (Lipinski definition) is 0. The molecule has 0 spiro atoms. The first-order chi connectivity index (χ1) is 14.8.